The van der Waals surface area contributed by atoms with Crippen molar-refractivity contribution in [3.8, 4) is 5.69 Å². The van der Waals surface area contributed by atoms with Gasteiger partial charge < -0.3 is 5.73 Å². The van der Waals surface area contributed by atoms with Gasteiger partial charge in [0.15, 0.2) is 5.65 Å². The van der Waals surface area contributed by atoms with Crippen molar-refractivity contribution in [3.05, 3.63) is 46.1 Å². The molecule has 0 aliphatic carbocycles. The third-order valence-electron chi connectivity index (χ3n) is 3.00. The number of imidazole rings is 1. The van der Waals surface area contributed by atoms with Gasteiger partial charge in [0.25, 0.3) is 0 Å². The van der Waals surface area contributed by atoms with Crippen molar-refractivity contribution < 1.29 is 0 Å². The molecule has 2 N–H and O–H groups in total. The fourth-order valence-electron chi connectivity index (χ4n) is 2.11. The quantitative estimate of drug-likeness (QED) is 0.748. The molecule has 0 saturated carbocycles. The van der Waals surface area contributed by atoms with Crippen LogP contribution in [0.25, 0.3) is 16.9 Å². The number of pyridine rings is 1. The first-order valence-electron chi connectivity index (χ1n) is 5.93. The summed E-state index contributed by atoms with van der Waals surface area (Å²) in [7, 11) is 0. The van der Waals surface area contributed by atoms with Crippen molar-refractivity contribution in [1.29, 1.82) is 0 Å². The number of anilines is 1. The number of nitrogen functional groups attached to an aromatic ring is 1. The summed E-state index contributed by atoms with van der Waals surface area (Å²) in [5, 5.41) is 0. The van der Waals surface area contributed by atoms with E-state index in [1.54, 1.807) is 0 Å². The van der Waals surface area contributed by atoms with Crippen LogP contribution in [0.3, 0.4) is 0 Å². The monoisotopic (exact) mass is 316 g/mol. The summed E-state index contributed by atoms with van der Waals surface area (Å²) in [4.78, 5) is 8.81. The molecule has 0 radical (unpaired) electrons. The highest BCUT2D eigenvalue weighted by Crippen LogP contribution is 2.28. The molecule has 5 heteroatoms. The van der Waals surface area contributed by atoms with Crippen molar-refractivity contribution in [2.45, 2.75) is 13.8 Å². The Bertz CT molecular complexity index is 776. The molecule has 0 saturated heterocycles. The fourth-order valence-corrected chi connectivity index (χ4v) is 2.78. The molecule has 3 rings (SSSR count). The Labute approximate surface area is 119 Å². The van der Waals surface area contributed by atoms with Gasteiger partial charge in [-0.1, -0.05) is 6.07 Å². The molecule has 3 aromatic rings. The second-order valence-corrected chi connectivity index (χ2v) is 5.47. The molecule has 0 aliphatic rings. The number of rotatable bonds is 1. The van der Waals surface area contributed by atoms with Gasteiger partial charge in [-0.2, -0.15) is 0 Å². The molecule has 0 atom stereocenters. The third-order valence-corrected chi connectivity index (χ3v) is 3.64. The molecule has 0 spiro atoms. The SMILES string of the molecule is Cc1ccc(-n2c(N)nc3cc(C)cnc32)c(Br)c1. The van der Waals surface area contributed by atoms with Crippen LogP contribution >= 0.6 is 15.9 Å². The van der Waals surface area contributed by atoms with Crippen molar-refractivity contribution in [2.75, 3.05) is 5.73 Å². The van der Waals surface area contributed by atoms with Gasteiger partial charge in [-0.05, 0) is 59.1 Å². The molecule has 0 amide bonds. The van der Waals surface area contributed by atoms with Gasteiger partial charge in [0.1, 0.15) is 5.52 Å². The minimum Gasteiger partial charge on any atom is -0.369 e. The second-order valence-electron chi connectivity index (χ2n) is 4.62. The smallest absolute Gasteiger partial charge is 0.207 e. The van der Waals surface area contributed by atoms with Crippen molar-refractivity contribution in [1.82, 2.24) is 14.5 Å². The zero-order chi connectivity index (χ0) is 13.6. The van der Waals surface area contributed by atoms with E-state index in [1.165, 1.54) is 5.56 Å². The first-order chi connectivity index (χ1) is 9.06. The number of aryl methyl sites for hydroxylation is 2. The first kappa shape index (κ1) is 12.2. The summed E-state index contributed by atoms with van der Waals surface area (Å²) in [5.41, 5.74) is 10.8. The largest absolute Gasteiger partial charge is 0.369 e. The first-order valence-corrected chi connectivity index (χ1v) is 6.72. The lowest BCUT2D eigenvalue weighted by molar-refractivity contribution is 1.07. The molecule has 4 nitrogen and oxygen atoms in total. The normalized spacial score (nSPS) is 11.1. The van der Waals surface area contributed by atoms with E-state index in [0.29, 0.717) is 5.95 Å². The zero-order valence-corrected chi connectivity index (χ0v) is 12.3. The summed E-state index contributed by atoms with van der Waals surface area (Å²) in [6.45, 7) is 4.04. The predicted molar refractivity (Wildman–Crippen MR) is 80.5 cm³/mol. The highest BCUT2D eigenvalue weighted by Gasteiger charge is 2.13. The van der Waals surface area contributed by atoms with Crippen LogP contribution in [-0.4, -0.2) is 14.5 Å². The molecule has 2 heterocycles. The Morgan fingerprint density at radius 1 is 1.16 bits per heavy atom. The highest BCUT2D eigenvalue weighted by molar-refractivity contribution is 9.10. The molecular formula is C14H13BrN4. The van der Waals surface area contributed by atoms with Crippen LogP contribution in [0.4, 0.5) is 5.95 Å². The summed E-state index contributed by atoms with van der Waals surface area (Å²) >= 11 is 3.57. The van der Waals surface area contributed by atoms with Gasteiger partial charge in [0, 0.05) is 10.7 Å². The van der Waals surface area contributed by atoms with Crippen molar-refractivity contribution in [2.24, 2.45) is 0 Å². The van der Waals surface area contributed by atoms with E-state index in [-0.39, 0.29) is 0 Å². The van der Waals surface area contributed by atoms with E-state index in [9.17, 15) is 0 Å². The Morgan fingerprint density at radius 3 is 2.68 bits per heavy atom. The molecule has 96 valence electrons. The maximum absolute atomic E-state index is 6.03. The van der Waals surface area contributed by atoms with Crippen LogP contribution in [0.1, 0.15) is 11.1 Å². The molecule has 0 bridgehead atoms. The lowest BCUT2D eigenvalue weighted by Crippen LogP contribution is -2.02. The number of halogens is 1. The van der Waals surface area contributed by atoms with Crippen LogP contribution in [0.5, 0.6) is 0 Å². The number of nitrogens with zero attached hydrogens (tertiary/aromatic N) is 3. The standard InChI is InChI=1S/C14H13BrN4/c1-8-3-4-12(10(15)5-8)19-13-11(18-14(19)16)6-9(2)7-17-13/h3-7H,1-2H3,(H2,16,18). The Hall–Kier alpha value is -1.88. The molecule has 19 heavy (non-hydrogen) atoms. The zero-order valence-electron chi connectivity index (χ0n) is 10.7. The van der Waals surface area contributed by atoms with E-state index >= 15 is 0 Å². The molecular weight excluding hydrogens is 304 g/mol. The van der Waals surface area contributed by atoms with E-state index in [2.05, 4.69) is 32.0 Å². The molecule has 0 fully saturated rings. The van der Waals surface area contributed by atoms with Crippen LogP contribution in [0.15, 0.2) is 34.9 Å². The maximum atomic E-state index is 6.03. The summed E-state index contributed by atoms with van der Waals surface area (Å²) in [6, 6.07) is 8.09. The number of fused-ring (bicyclic) bond motifs is 1. The summed E-state index contributed by atoms with van der Waals surface area (Å²) in [5.74, 6) is 0.442. The third kappa shape index (κ3) is 2.00. The molecule has 0 unspecified atom stereocenters. The van der Waals surface area contributed by atoms with E-state index in [4.69, 9.17) is 5.73 Å². The topological polar surface area (TPSA) is 56.7 Å². The van der Waals surface area contributed by atoms with E-state index in [0.717, 1.165) is 26.9 Å². The minimum atomic E-state index is 0.442. The van der Waals surface area contributed by atoms with Gasteiger partial charge in [0.05, 0.1) is 5.69 Å². The Kier molecular flexibility index (Phi) is 2.78. The number of aromatic nitrogens is 3. The van der Waals surface area contributed by atoms with Crippen molar-refractivity contribution >= 4 is 33.0 Å². The average Bonchev–Trinajstić information content (AvgIpc) is 2.65. The number of hydrogen-bond acceptors (Lipinski definition) is 3. The predicted octanol–water partition coefficient (Wildman–Crippen LogP) is 3.38. The molecule has 2 aromatic heterocycles. The van der Waals surface area contributed by atoms with Crippen LogP contribution in [0.2, 0.25) is 0 Å². The highest BCUT2D eigenvalue weighted by atomic mass is 79.9. The lowest BCUT2D eigenvalue weighted by Gasteiger charge is -2.09. The van der Waals surface area contributed by atoms with Gasteiger partial charge >= 0.3 is 0 Å². The van der Waals surface area contributed by atoms with Crippen LogP contribution < -0.4 is 5.73 Å². The Morgan fingerprint density at radius 2 is 1.95 bits per heavy atom. The Balaban J connectivity index is 2.33. The average molecular weight is 317 g/mol. The number of benzene rings is 1. The van der Waals surface area contributed by atoms with Crippen LogP contribution in [-0.2, 0) is 0 Å². The number of hydrogen-bond donors (Lipinski definition) is 1. The van der Waals surface area contributed by atoms with Gasteiger partial charge in [-0.15, -0.1) is 0 Å². The van der Waals surface area contributed by atoms with Gasteiger partial charge in [-0.25, -0.2) is 9.97 Å². The van der Waals surface area contributed by atoms with E-state index < -0.39 is 0 Å². The molecule has 1 aromatic carbocycles. The van der Waals surface area contributed by atoms with Gasteiger partial charge in [-0.3, -0.25) is 4.57 Å². The summed E-state index contributed by atoms with van der Waals surface area (Å²) in [6.07, 6.45) is 1.82. The van der Waals surface area contributed by atoms with Crippen molar-refractivity contribution in [3.63, 3.8) is 0 Å². The van der Waals surface area contributed by atoms with Crippen LogP contribution in [0, 0.1) is 13.8 Å². The minimum absolute atomic E-state index is 0.442. The van der Waals surface area contributed by atoms with Gasteiger partial charge in [0.2, 0.25) is 5.95 Å². The number of nitrogens with two attached hydrogens (primary N) is 1. The maximum Gasteiger partial charge on any atom is 0.207 e. The fraction of sp³-hybridized carbons (Fsp3) is 0.143. The van der Waals surface area contributed by atoms with E-state index in [1.807, 2.05) is 42.8 Å². The second kappa shape index (κ2) is 4.35. The molecule has 0 aliphatic heterocycles. The summed E-state index contributed by atoms with van der Waals surface area (Å²) < 4.78 is 2.83. The lowest BCUT2D eigenvalue weighted by atomic mass is 10.2.